The molecule has 0 aliphatic carbocycles. The van der Waals surface area contributed by atoms with E-state index in [0.29, 0.717) is 16.0 Å². The molecule has 3 rings (SSSR count). The van der Waals surface area contributed by atoms with Gasteiger partial charge in [0.05, 0.1) is 17.9 Å². The van der Waals surface area contributed by atoms with Crippen LogP contribution in [0.25, 0.3) is 20.7 Å². The predicted octanol–water partition coefficient (Wildman–Crippen LogP) is 2.78. The molecule has 1 N–H and O–H groups in total. The molecule has 0 aromatic carbocycles. The molecule has 4 nitrogen and oxygen atoms in total. The number of fused-ring (bicyclic) bond motifs is 1. The van der Waals surface area contributed by atoms with Gasteiger partial charge in [-0.1, -0.05) is 6.07 Å². The molecule has 3 aromatic heterocycles. The molecule has 6 heteroatoms. The van der Waals surface area contributed by atoms with Crippen molar-refractivity contribution >= 4 is 32.9 Å². The van der Waals surface area contributed by atoms with E-state index >= 15 is 0 Å². The second-order valence-electron chi connectivity index (χ2n) is 3.65. The summed E-state index contributed by atoms with van der Waals surface area (Å²) in [6.45, 7) is 0. The van der Waals surface area contributed by atoms with E-state index in [2.05, 4.69) is 9.97 Å². The maximum Gasteiger partial charge on any atom is 0.260 e. The van der Waals surface area contributed by atoms with Crippen LogP contribution in [-0.4, -0.2) is 9.97 Å². The minimum absolute atomic E-state index is 0.122. The number of rotatable bonds is 2. The van der Waals surface area contributed by atoms with Gasteiger partial charge in [-0.3, -0.25) is 4.79 Å². The fourth-order valence-electron chi connectivity index (χ4n) is 1.77. The van der Waals surface area contributed by atoms with Crippen LogP contribution in [-0.2, 0) is 6.42 Å². The van der Waals surface area contributed by atoms with Crippen molar-refractivity contribution in [3.05, 3.63) is 39.1 Å². The Hall–Kier alpha value is -1.97. The van der Waals surface area contributed by atoms with E-state index in [4.69, 9.17) is 5.26 Å². The summed E-state index contributed by atoms with van der Waals surface area (Å²) >= 11 is 3.02. The molecule has 0 aliphatic rings. The van der Waals surface area contributed by atoms with Crippen LogP contribution in [0.1, 0.15) is 5.82 Å². The van der Waals surface area contributed by atoms with Crippen LogP contribution in [0.3, 0.4) is 0 Å². The lowest BCUT2D eigenvalue weighted by Gasteiger charge is -1.96. The van der Waals surface area contributed by atoms with Gasteiger partial charge in [-0.25, -0.2) is 4.98 Å². The molecule has 3 heterocycles. The summed E-state index contributed by atoms with van der Waals surface area (Å²) in [7, 11) is 0. The minimum Gasteiger partial charge on any atom is -0.309 e. The van der Waals surface area contributed by atoms with Gasteiger partial charge in [0.1, 0.15) is 10.7 Å². The second kappa shape index (κ2) is 4.37. The highest BCUT2D eigenvalue weighted by Crippen LogP contribution is 2.33. The average molecular weight is 273 g/mol. The average Bonchev–Trinajstić information content (AvgIpc) is 2.96. The van der Waals surface area contributed by atoms with Crippen molar-refractivity contribution in [3.8, 4) is 16.5 Å². The quantitative estimate of drug-likeness (QED) is 0.780. The highest BCUT2D eigenvalue weighted by atomic mass is 32.1. The maximum atomic E-state index is 12.1. The standard InChI is InChI=1S/C12H7N3OS2/c13-4-3-9-14-11(16)10-7(6-18-12(10)15-9)8-2-1-5-17-8/h1-2,5-6H,3H2,(H,14,15,16). The fourth-order valence-corrected chi connectivity index (χ4v) is 3.55. The van der Waals surface area contributed by atoms with Crippen LogP contribution in [0, 0.1) is 11.3 Å². The van der Waals surface area contributed by atoms with Gasteiger partial charge in [-0.05, 0) is 11.4 Å². The highest BCUT2D eigenvalue weighted by Gasteiger charge is 2.13. The molecule has 0 bridgehead atoms. The van der Waals surface area contributed by atoms with Gasteiger partial charge < -0.3 is 4.98 Å². The lowest BCUT2D eigenvalue weighted by molar-refractivity contribution is 1.01. The molecule has 0 atom stereocenters. The smallest absolute Gasteiger partial charge is 0.260 e. The topological polar surface area (TPSA) is 69.5 Å². The molecule has 0 aliphatic heterocycles. The van der Waals surface area contributed by atoms with Gasteiger partial charge in [0, 0.05) is 15.8 Å². The molecule has 0 amide bonds. The molecule has 0 saturated carbocycles. The first-order valence-electron chi connectivity index (χ1n) is 5.21. The Kier molecular flexibility index (Phi) is 2.70. The molecular weight excluding hydrogens is 266 g/mol. The normalized spacial score (nSPS) is 10.6. The van der Waals surface area contributed by atoms with Crippen LogP contribution in [0.4, 0.5) is 0 Å². The molecule has 0 unspecified atom stereocenters. The molecule has 88 valence electrons. The Morgan fingerprint density at radius 1 is 1.44 bits per heavy atom. The first-order valence-corrected chi connectivity index (χ1v) is 6.97. The number of nitrogens with one attached hydrogen (secondary N) is 1. The fraction of sp³-hybridized carbons (Fsp3) is 0.0833. The Bertz CT molecular complexity index is 793. The zero-order chi connectivity index (χ0) is 12.5. The summed E-state index contributed by atoms with van der Waals surface area (Å²) in [4.78, 5) is 20.8. The van der Waals surface area contributed by atoms with E-state index in [1.165, 1.54) is 11.3 Å². The number of hydrogen-bond acceptors (Lipinski definition) is 5. The van der Waals surface area contributed by atoms with E-state index < -0.39 is 0 Å². The van der Waals surface area contributed by atoms with Crippen molar-refractivity contribution in [1.29, 1.82) is 5.26 Å². The number of thiophene rings is 2. The van der Waals surface area contributed by atoms with E-state index in [9.17, 15) is 4.79 Å². The molecular formula is C12H7N3OS2. The number of nitriles is 1. The van der Waals surface area contributed by atoms with Crippen molar-refractivity contribution in [1.82, 2.24) is 9.97 Å². The maximum absolute atomic E-state index is 12.1. The second-order valence-corrected chi connectivity index (χ2v) is 5.46. The van der Waals surface area contributed by atoms with Crippen molar-refractivity contribution in [3.63, 3.8) is 0 Å². The Labute approximate surface area is 110 Å². The molecule has 0 spiro atoms. The molecule has 18 heavy (non-hydrogen) atoms. The zero-order valence-corrected chi connectivity index (χ0v) is 10.8. The molecule has 3 aromatic rings. The summed E-state index contributed by atoms with van der Waals surface area (Å²) in [6.07, 6.45) is 0.122. The van der Waals surface area contributed by atoms with Gasteiger partial charge in [0.15, 0.2) is 0 Å². The first kappa shape index (κ1) is 11.1. The third-order valence-electron chi connectivity index (χ3n) is 2.53. The lowest BCUT2D eigenvalue weighted by Crippen LogP contribution is -2.10. The van der Waals surface area contributed by atoms with E-state index in [1.807, 2.05) is 29.0 Å². The monoisotopic (exact) mass is 273 g/mol. The van der Waals surface area contributed by atoms with Crippen molar-refractivity contribution < 1.29 is 0 Å². The van der Waals surface area contributed by atoms with Crippen LogP contribution in [0.5, 0.6) is 0 Å². The van der Waals surface area contributed by atoms with E-state index in [-0.39, 0.29) is 12.0 Å². The van der Waals surface area contributed by atoms with E-state index in [0.717, 1.165) is 10.4 Å². The van der Waals surface area contributed by atoms with Gasteiger partial charge >= 0.3 is 0 Å². The number of aromatic amines is 1. The minimum atomic E-state index is -0.171. The molecule has 0 saturated heterocycles. The Morgan fingerprint density at radius 3 is 3.06 bits per heavy atom. The van der Waals surface area contributed by atoms with Gasteiger partial charge in [0.2, 0.25) is 0 Å². The summed E-state index contributed by atoms with van der Waals surface area (Å²) < 4.78 is 0. The summed E-state index contributed by atoms with van der Waals surface area (Å²) in [5, 5.41) is 13.2. The Balaban J connectivity index is 2.27. The third kappa shape index (κ3) is 1.74. The van der Waals surface area contributed by atoms with Crippen molar-refractivity contribution in [2.75, 3.05) is 0 Å². The van der Waals surface area contributed by atoms with E-state index in [1.54, 1.807) is 11.3 Å². The summed E-state index contributed by atoms with van der Waals surface area (Å²) in [6, 6.07) is 5.92. The summed E-state index contributed by atoms with van der Waals surface area (Å²) in [5.41, 5.74) is 0.747. The van der Waals surface area contributed by atoms with Gasteiger partial charge in [-0.2, -0.15) is 5.26 Å². The number of nitrogens with zero attached hydrogens (tertiary/aromatic N) is 2. The number of aromatic nitrogens is 2. The highest BCUT2D eigenvalue weighted by molar-refractivity contribution is 7.18. The molecule has 0 radical (unpaired) electrons. The van der Waals surface area contributed by atoms with Gasteiger partial charge in [-0.15, -0.1) is 22.7 Å². The van der Waals surface area contributed by atoms with Crippen LogP contribution in [0.15, 0.2) is 27.7 Å². The van der Waals surface area contributed by atoms with Crippen molar-refractivity contribution in [2.24, 2.45) is 0 Å². The van der Waals surface area contributed by atoms with Crippen LogP contribution in [0.2, 0.25) is 0 Å². The van der Waals surface area contributed by atoms with Gasteiger partial charge in [0.25, 0.3) is 5.56 Å². The third-order valence-corrected chi connectivity index (χ3v) is 4.30. The predicted molar refractivity (Wildman–Crippen MR) is 72.9 cm³/mol. The zero-order valence-electron chi connectivity index (χ0n) is 9.14. The SMILES string of the molecule is N#CCc1nc2scc(-c3cccs3)c2c(=O)[nH]1. The number of H-pyrrole nitrogens is 1. The Morgan fingerprint density at radius 2 is 2.33 bits per heavy atom. The number of hydrogen-bond donors (Lipinski definition) is 1. The molecule has 0 fully saturated rings. The summed E-state index contributed by atoms with van der Waals surface area (Å²) in [5.74, 6) is 0.426. The first-order chi connectivity index (χ1) is 8.79. The lowest BCUT2D eigenvalue weighted by atomic mass is 10.2. The van der Waals surface area contributed by atoms with Crippen LogP contribution < -0.4 is 5.56 Å². The van der Waals surface area contributed by atoms with Crippen molar-refractivity contribution in [2.45, 2.75) is 6.42 Å². The largest absolute Gasteiger partial charge is 0.309 e. The van der Waals surface area contributed by atoms with Crippen LogP contribution >= 0.6 is 22.7 Å².